The van der Waals surface area contributed by atoms with Gasteiger partial charge in [0.25, 0.3) is 0 Å². The van der Waals surface area contributed by atoms with E-state index in [1.165, 1.54) is 18.9 Å². The van der Waals surface area contributed by atoms with E-state index >= 15 is 0 Å². The molecule has 0 saturated carbocycles. The zero-order chi connectivity index (χ0) is 20.0. The van der Waals surface area contributed by atoms with Gasteiger partial charge in [-0.3, -0.25) is 4.90 Å². The Labute approximate surface area is 160 Å². The molecule has 1 aromatic carbocycles. The molecule has 1 heterocycles. The van der Waals surface area contributed by atoms with E-state index in [1.54, 1.807) is 19.1 Å². The molecular formula is C20H31F2N3O2. The van der Waals surface area contributed by atoms with E-state index < -0.39 is 12.6 Å². The van der Waals surface area contributed by atoms with Gasteiger partial charge in [0, 0.05) is 12.6 Å². The number of urea groups is 1. The molecule has 0 spiro atoms. The van der Waals surface area contributed by atoms with Crippen LogP contribution in [0.3, 0.4) is 0 Å². The van der Waals surface area contributed by atoms with Crippen LogP contribution >= 0.6 is 0 Å². The second-order valence-corrected chi connectivity index (χ2v) is 7.69. The molecule has 1 unspecified atom stereocenters. The number of piperidine rings is 1. The second kappa shape index (κ2) is 9.88. The highest BCUT2D eigenvalue weighted by atomic mass is 19.3. The van der Waals surface area contributed by atoms with Crippen LogP contribution in [0.5, 0.6) is 5.75 Å². The third-order valence-electron chi connectivity index (χ3n) is 5.22. The third kappa shape index (κ3) is 6.34. The predicted octanol–water partition coefficient (Wildman–Crippen LogP) is 4.47. The second-order valence-electron chi connectivity index (χ2n) is 7.69. The maximum absolute atomic E-state index is 12.6. The molecule has 1 saturated heterocycles. The molecule has 27 heavy (non-hydrogen) atoms. The molecule has 7 heteroatoms. The van der Waals surface area contributed by atoms with E-state index in [9.17, 15) is 13.6 Å². The number of likely N-dealkylation sites (tertiary alicyclic amines) is 1. The highest BCUT2D eigenvalue weighted by Gasteiger charge is 2.26. The summed E-state index contributed by atoms with van der Waals surface area (Å²) >= 11 is 0. The number of carbonyl (C=O) groups is 1. The molecular weight excluding hydrogens is 352 g/mol. The Bertz CT molecular complexity index is 617. The van der Waals surface area contributed by atoms with Gasteiger partial charge in [0.2, 0.25) is 0 Å². The molecule has 1 fully saturated rings. The molecule has 1 aliphatic heterocycles. The minimum atomic E-state index is -2.94. The van der Waals surface area contributed by atoms with Crippen LogP contribution in [0.25, 0.3) is 0 Å². The minimum Gasteiger partial charge on any atom is -0.433 e. The zero-order valence-electron chi connectivity index (χ0n) is 16.6. The molecule has 0 radical (unpaired) electrons. The molecule has 5 nitrogen and oxygen atoms in total. The van der Waals surface area contributed by atoms with Crippen molar-refractivity contribution in [1.82, 2.24) is 10.2 Å². The first-order chi connectivity index (χ1) is 12.8. The minimum absolute atomic E-state index is 0.0365. The lowest BCUT2D eigenvalue weighted by Crippen LogP contribution is -2.50. The quantitative estimate of drug-likeness (QED) is 0.730. The third-order valence-corrected chi connectivity index (χ3v) is 5.22. The summed E-state index contributed by atoms with van der Waals surface area (Å²) in [6, 6.07) is 4.60. The molecule has 2 N–H and O–H groups in total. The number of para-hydroxylation sites is 1. The summed E-state index contributed by atoms with van der Waals surface area (Å²) in [7, 11) is 0. The summed E-state index contributed by atoms with van der Waals surface area (Å²) in [4.78, 5) is 14.8. The Morgan fingerprint density at radius 1 is 1.30 bits per heavy atom. The van der Waals surface area contributed by atoms with Gasteiger partial charge >= 0.3 is 12.6 Å². The SMILES string of the molecule is Cc1cccc(OC(F)F)c1NC(=O)NCC(C(C)C)N1CCC(C)CC1. The number of carbonyl (C=O) groups excluding carboxylic acids is 1. The standard InChI is InChI=1S/C20H31F2N3O2/c1-13(2)16(25-10-8-14(3)9-11-25)12-23-20(26)24-18-15(4)6-5-7-17(18)27-19(21)22/h5-7,13-14,16,19H,8-12H2,1-4H3,(H2,23,24,26). The van der Waals surface area contributed by atoms with Crippen LogP contribution in [0.2, 0.25) is 0 Å². The molecule has 0 aliphatic carbocycles. The zero-order valence-corrected chi connectivity index (χ0v) is 16.6. The summed E-state index contributed by atoms with van der Waals surface area (Å²) < 4.78 is 29.7. The lowest BCUT2D eigenvalue weighted by atomic mass is 9.94. The van der Waals surface area contributed by atoms with Gasteiger partial charge in [0.05, 0.1) is 5.69 Å². The summed E-state index contributed by atoms with van der Waals surface area (Å²) in [6.07, 6.45) is 2.35. The number of nitrogens with one attached hydrogen (secondary N) is 2. The topological polar surface area (TPSA) is 53.6 Å². The van der Waals surface area contributed by atoms with E-state index in [1.807, 2.05) is 0 Å². The fourth-order valence-electron chi connectivity index (χ4n) is 3.50. The van der Waals surface area contributed by atoms with Gasteiger partial charge in [-0.05, 0) is 56.3 Å². The number of amides is 2. The molecule has 1 aliphatic rings. The first kappa shape index (κ1) is 21.4. The first-order valence-electron chi connectivity index (χ1n) is 9.61. The van der Waals surface area contributed by atoms with E-state index in [-0.39, 0.29) is 17.5 Å². The van der Waals surface area contributed by atoms with Crippen molar-refractivity contribution in [2.75, 3.05) is 25.0 Å². The summed E-state index contributed by atoms with van der Waals surface area (Å²) in [5.41, 5.74) is 0.928. The number of aryl methyl sites for hydroxylation is 1. The van der Waals surface area contributed by atoms with Crippen molar-refractivity contribution in [1.29, 1.82) is 0 Å². The molecule has 1 atom stereocenters. The molecule has 0 aromatic heterocycles. The Kier molecular flexibility index (Phi) is 7.83. The number of ether oxygens (including phenoxy) is 1. The van der Waals surface area contributed by atoms with E-state index in [2.05, 4.69) is 41.0 Å². The van der Waals surface area contributed by atoms with Crippen molar-refractivity contribution >= 4 is 11.7 Å². The van der Waals surface area contributed by atoms with Gasteiger partial charge in [-0.2, -0.15) is 8.78 Å². The number of rotatable bonds is 7. The average Bonchev–Trinajstić information content (AvgIpc) is 2.59. The van der Waals surface area contributed by atoms with Crippen molar-refractivity contribution in [3.8, 4) is 5.75 Å². The number of hydrogen-bond acceptors (Lipinski definition) is 3. The van der Waals surface area contributed by atoms with E-state index in [4.69, 9.17) is 0 Å². The van der Waals surface area contributed by atoms with Crippen molar-refractivity contribution in [2.45, 2.75) is 53.2 Å². The van der Waals surface area contributed by atoms with Gasteiger partial charge in [-0.15, -0.1) is 0 Å². The van der Waals surface area contributed by atoms with Crippen molar-refractivity contribution in [3.63, 3.8) is 0 Å². The largest absolute Gasteiger partial charge is 0.433 e. The first-order valence-corrected chi connectivity index (χ1v) is 9.61. The van der Waals surface area contributed by atoms with Crippen LogP contribution in [-0.4, -0.2) is 43.2 Å². The summed E-state index contributed by atoms with van der Waals surface area (Å²) in [5, 5.41) is 5.56. The monoisotopic (exact) mass is 383 g/mol. The van der Waals surface area contributed by atoms with Crippen LogP contribution in [0.4, 0.5) is 19.3 Å². The Morgan fingerprint density at radius 2 is 1.96 bits per heavy atom. The number of anilines is 1. The van der Waals surface area contributed by atoms with Crippen molar-refractivity contribution in [2.24, 2.45) is 11.8 Å². The van der Waals surface area contributed by atoms with E-state index in [0.29, 0.717) is 18.0 Å². The molecule has 152 valence electrons. The van der Waals surface area contributed by atoms with E-state index in [0.717, 1.165) is 19.0 Å². The lowest BCUT2D eigenvalue weighted by Gasteiger charge is -2.38. The summed E-state index contributed by atoms with van der Waals surface area (Å²) in [5.74, 6) is 1.11. The molecule has 2 amide bonds. The fourth-order valence-corrected chi connectivity index (χ4v) is 3.50. The lowest BCUT2D eigenvalue weighted by molar-refractivity contribution is -0.0493. The summed E-state index contributed by atoms with van der Waals surface area (Å²) in [6.45, 7) is 7.96. The maximum Gasteiger partial charge on any atom is 0.387 e. The fraction of sp³-hybridized carbons (Fsp3) is 0.650. The van der Waals surface area contributed by atoms with Gasteiger partial charge in [0.15, 0.2) is 0 Å². The Balaban J connectivity index is 1.96. The van der Waals surface area contributed by atoms with Gasteiger partial charge in [0.1, 0.15) is 5.75 Å². The Hall–Kier alpha value is -1.89. The smallest absolute Gasteiger partial charge is 0.387 e. The average molecular weight is 383 g/mol. The van der Waals surface area contributed by atoms with Gasteiger partial charge in [-0.25, -0.2) is 4.79 Å². The Morgan fingerprint density at radius 3 is 2.56 bits per heavy atom. The molecule has 2 rings (SSSR count). The normalized spacial score (nSPS) is 17.2. The maximum atomic E-state index is 12.6. The van der Waals surface area contributed by atoms with Gasteiger partial charge in [-0.1, -0.05) is 32.9 Å². The predicted molar refractivity (Wildman–Crippen MR) is 103 cm³/mol. The number of hydrogen-bond donors (Lipinski definition) is 2. The van der Waals surface area contributed by atoms with Gasteiger partial charge < -0.3 is 15.4 Å². The van der Waals surface area contributed by atoms with Crippen LogP contribution in [-0.2, 0) is 0 Å². The number of nitrogens with zero attached hydrogens (tertiary/aromatic N) is 1. The number of alkyl halides is 2. The van der Waals surface area contributed by atoms with Crippen LogP contribution < -0.4 is 15.4 Å². The molecule has 1 aromatic rings. The highest BCUT2D eigenvalue weighted by Crippen LogP contribution is 2.29. The number of benzene rings is 1. The highest BCUT2D eigenvalue weighted by molar-refractivity contribution is 5.91. The van der Waals surface area contributed by atoms with Crippen LogP contribution in [0.15, 0.2) is 18.2 Å². The van der Waals surface area contributed by atoms with Crippen LogP contribution in [0, 0.1) is 18.8 Å². The van der Waals surface area contributed by atoms with Crippen LogP contribution in [0.1, 0.15) is 39.2 Å². The number of halogens is 2. The molecule has 0 bridgehead atoms. The van der Waals surface area contributed by atoms with Crippen molar-refractivity contribution in [3.05, 3.63) is 23.8 Å². The van der Waals surface area contributed by atoms with Crippen molar-refractivity contribution < 1.29 is 18.3 Å².